The van der Waals surface area contributed by atoms with Crippen LogP contribution in [0.5, 0.6) is 5.75 Å². The summed E-state index contributed by atoms with van der Waals surface area (Å²) in [6.45, 7) is 0.288. The molecule has 1 rings (SSSR count). The SMILES string of the molecule is CNS(=O)(=O)c1cc(CN)ccc1OC. The summed E-state index contributed by atoms with van der Waals surface area (Å²) >= 11 is 0. The molecular weight excluding hydrogens is 216 g/mol. The van der Waals surface area contributed by atoms with Crippen LogP contribution in [0.4, 0.5) is 0 Å². The van der Waals surface area contributed by atoms with Gasteiger partial charge in [0.25, 0.3) is 0 Å². The Bertz CT molecular complexity index is 443. The van der Waals surface area contributed by atoms with Gasteiger partial charge in [-0.2, -0.15) is 0 Å². The molecule has 0 amide bonds. The fraction of sp³-hybridized carbons (Fsp3) is 0.333. The summed E-state index contributed by atoms with van der Waals surface area (Å²) in [5, 5.41) is 0. The molecule has 1 aromatic carbocycles. The van der Waals surface area contributed by atoms with Crippen LogP contribution in [0.1, 0.15) is 5.56 Å². The van der Waals surface area contributed by atoms with Gasteiger partial charge in [-0.1, -0.05) is 6.07 Å². The van der Waals surface area contributed by atoms with Crippen LogP contribution in [-0.4, -0.2) is 22.6 Å². The third-order valence-electron chi connectivity index (χ3n) is 2.02. The molecule has 3 N–H and O–H groups in total. The molecule has 0 unspecified atom stereocenters. The first-order chi connectivity index (χ1) is 7.05. The monoisotopic (exact) mass is 230 g/mol. The molecule has 15 heavy (non-hydrogen) atoms. The van der Waals surface area contributed by atoms with E-state index in [0.717, 1.165) is 5.56 Å². The Balaban J connectivity index is 3.36. The van der Waals surface area contributed by atoms with Gasteiger partial charge in [-0.05, 0) is 24.7 Å². The van der Waals surface area contributed by atoms with Crippen molar-refractivity contribution in [3.8, 4) is 5.75 Å². The normalized spacial score (nSPS) is 11.4. The third-order valence-corrected chi connectivity index (χ3v) is 3.46. The minimum absolute atomic E-state index is 0.107. The highest BCUT2D eigenvalue weighted by Crippen LogP contribution is 2.24. The Morgan fingerprint density at radius 2 is 2.13 bits per heavy atom. The van der Waals surface area contributed by atoms with Gasteiger partial charge in [0, 0.05) is 6.54 Å². The van der Waals surface area contributed by atoms with E-state index in [0.29, 0.717) is 5.75 Å². The summed E-state index contributed by atoms with van der Waals surface area (Å²) in [5.41, 5.74) is 6.18. The number of methoxy groups -OCH3 is 1. The number of sulfonamides is 1. The first-order valence-electron chi connectivity index (χ1n) is 4.35. The molecule has 1 aromatic rings. The van der Waals surface area contributed by atoms with E-state index in [2.05, 4.69) is 4.72 Å². The molecule has 0 saturated carbocycles. The van der Waals surface area contributed by atoms with Gasteiger partial charge in [-0.15, -0.1) is 0 Å². The topological polar surface area (TPSA) is 81.4 Å². The molecule has 0 fully saturated rings. The number of benzene rings is 1. The molecule has 6 heteroatoms. The maximum absolute atomic E-state index is 11.6. The molecule has 0 aliphatic heterocycles. The Morgan fingerprint density at radius 1 is 1.47 bits per heavy atom. The molecule has 5 nitrogen and oxygen atoms in total. The van der Waals surface area contributed by atoms with E-state index < -0.39 is 10.0 Å². The summed E-state index contributed by atoms with van der Waals surface area (Å²) in [6, 6.07) is 4.82. The molecule has 0 saturated heterocycles. The van der Waals surface area contributed by atoms with Crippen LogP contribution in [0.3, 0.4) is 0 Å². The molecule has 0 spiro atoms. The van der Waals surface area contributed by atoms with E-state index in [4.69, 9.17) is 10.5 Å². The highest BCUT2D eigenvalue weighted by Gasteiger charge is 2.17. The average Bonchev–Trinajstić information content (AvgIpc) is 2.28. The highest BCUT2D eigenvalue weighted by atomic mass is 32.2. The summed E-state index contributed by atoms with van der Waals surface area (Å²) in [6.07, 6.45) is 0. The van der Waals surface area contributed by atoms with Crippen molar-refractivity contribution in [2.24, 2.45) is 5.73 Å². The zero-order valence-electron chi connectivity index (χ0n) is 8.65. The van der Waals surface area contributed by atoms with Crippen molar-refractivity contribution in [3.63, 3.8) is 0 Å². The number of hydrogen-bond acceptors (Lipinski definition) is 4. The minimum atomic E-state index is -3.50. The van der Waals surface area contributed by atoms with Gasteiger partial charge in [0.15, 0.2) is 0 Å². The van der Waals surface area contributed by atoms with Gasteiger partial charge >= 0.3 is 0 Å². The Kier molecular flexibility index (Phi) is 3.67. The molecule has 0 aliphatic rings. The summed E-state index contributed by atoms with van der Waals surface area (Å²) < 4.78 is 30.4. The lowest BCUT2D eigenvalue weighted by molar-refractivity contribution is 0.402. The van der Waals surface area contributed by atoms with Crippen molar-refractivity contribution < 1.29 is 13.2 Å². The molecule has 0 bridgehead atoms. The summed E-state index contributed by atoms with van der Waals surface area (Å²) in [7, 11) is -0.730. The quantitative estimate of drug-likeness (QED) is 0.766. The maximum Gasteiger partial charge on any atom is 0.244 e. The third kappa shape index (κ3) is 2.47. The van der Waals surface area contributed by atoms with E-state index in [1.165, 1.54) is 20.2 Å². The van der Waals surface area contributed by atoms with Gasteiger partial charge in [0.1, 0.15) is 10.6 Å². The molecule has 84 valence electrons. The average molecular weight is 230 g/mol. The number of nitrogens with two attached hydrogens (primary N) is 1. The fourth-order valence-electron chi connectivity index (χ4n) is 1.17. The second kappa shape index (κ2) is 4.61. The van der Waals surface area contributed by atoms with E-state index in [1.54, 1.807) is 12.1 Å². The maximum atomic E-state index is 11.6. The molecule has 0 atom stereocenters. The van der Waals surface area contributed by atoms with Crippen molar-refractivity contribution >= 4 is 10.0 Å². The molecular formula is C9H14N2O3S. The smallest absolute Gasteiger partial charge is 0.244 e. The molecule has 0 aliphatic carbocycles. The Morgan fingerprint density at radius 3 is 2.60 bits per heavy atom. The Hall–Kier alpha value is -1.11. The van der Waals surface area contributed by atoms with Gasteiger partial charge in [0.05, 0.1) is 7.11 Å². The van der Waals surface area contributed by atoms with Crippen molar-refractivity contribution in [1.29, 1.82) is 0 Å². The number of hydrogen-bond donors (Lipinski definition) is 2. The van der Waals surface area contributed by atoms with Gasteiger partial charge in [-0.3, -0.25) is 0 Å². The second-order valence-corrected chi connectivity index (χ2v) is 4.75. The lowest BCUT2D eigenvalue weighted by Crippen LogP contribution is -2.19. The van der Waals surface area contributed by atoms with Crippen LogP contribution in [0, 0.1) is 0 Å². The first kappa shape index (κ1) is 12.0. The zero-order chi connectivity index (χ0) is 11.5. The predicted octanol–water partition coefficient (Wildman–Crippen LogP) is 0.0620. The lowest BCUT2D eigenvalue weighted by Gasteiger charge is -2.09. The van der Waals surface area contributed by atoms with Crippen LogP contribution in [0.15, 0.2) is 23.1 Å². The van der Waals surface area contributed by atoms with E-state index in [9.17, 15) is 8.42 Å². The van der Waals surface area contributed by atoms with Crippen molar-refractivity contribution in [3.05, 3.63) is 23.8 Å². The van der Waals surface area contributed by atoms with Crippen LogP contribution in [0.25, 0.3) is 0 Å². The second-order valence-electron chi connectivity index (χ2n) is 2.90. The van der Waals surface area contributed by atoms with Crippen molar-refractivity contribution in [1.82, 2.24) is 4.72 Å². The summed E-state index contributed by atoms with van der Waals surface area (Å²) in [5.74, 6) is 0.307. The Labute approximate surface area is 89.3 Å². The van der Waals surface area contributed by atoms with Gasteiger partial charge in [0.2, 0.25) is 10.0 Å². The highest BCUT2D eigenvalue weighted by molar-refractivity contribution is 7.89. The van der Waals surface area contributed by atoms with Crippen molar-refractivity contribution in [2.75, 3.05) is 14.2 Å². The van der Waals surface area contributed by atoms with Crippen LogP contribution in [0.2, 0.25) is 0 Å². The van der Waals surface area contributed by atoms with Crippen LogP contribution < -0.4 is 15.2 Å². The predicted molar refractivity (Wildman–Crippen MR) is 57.1 cm³/mol. The first-order valence-corrected chi connectivity index (χ1v) is 5.84. The largest absolute Gasteiger partial charge is 0.495 e. The van der Waals surface area contributed by atoms with E-state index in [1.807, 2.05) is 0 Å². The zero-order valence-corrected chi connectivity index (χ0v) is 9.47. The summed E-state index contributed by atoms with van der Waals surface area (Å²) in [4.78, 5) is 0.107. The fourth-order valence-corrected chi connectivity index (χ4v) is 2.11. The lowest BCUT2D eigenvalue weighted by atomic mass is 10.2. The van der Waals surface area contributed by atoms with Crippen LogP contribution in [-0.2, 0) is 16.6 Å². The standard InChI is InChI=1S/C9H14N2O3S/c1-11-15(12,13)9-5-7(6-10)3-4-8(9)14-2/h3-5,11H,6,10H2,1-2H3. The minimum Gasteiger partial charge on any atom is -0.495 e. The van der Waals surface area contributed by atoms with E-state index in [-0.39, 0.29) is 11.4 Å². The van der Waals surface area contributed by atoms with Crippen LogP contribution >= 0.6 is 0 Å². The van der Waals surface area contributed by atoms with Crippen molar-refractivity contribution in [2.45, 2.75) is 11.4 Å². The number of ether oxygens (including phenoxy) is 1. The molecule has 0 radical (unpaired) electrons. The number of nitrogens with one attached hydrogen (secondary N) is 1. The molecule has 0 heterocycles. The van der Waals surface area contributed by atoms with E-state index >= 15 is 0 Å². The van der Waals surface area contributed by atoms with Gasteiger partial charge in [-0.25, -0.2) is 13.1 Å². The number of rotatable bonds is 4. The van der Waals surface area contributed by atoms with Gasteiger partial charge < -0.3 is 10.5 Å². The molecule has 0 aromatic heterocycles.